The molecule has 3 aromatic carbocycles. The van der Waals surface area contributed by atoms with Gasteiger partial charge in [-0.2, -0.15) is 5.10 Å². The first-order chi connectivity index (χ1) is 13.5. The van der Waals surface area contributed by atoms with Crippen molar-refractivity contribution >= 4 is 29.7 Å². The Morgan fingerprint density at radius 1 is 0.893 bits per heavy atom. The van der Waals surface area contributed by atoms with Crippen LogP contribution < -0.4 is 10.2 Å². The van der Waals surface area contributed by atoms with Crippen molar-refractivity contribution in [1.82, 2.24) is 5.43 Å². The van der Waals surface area contributed by atoms with Crippen molar-refractivity contribution < 1.29 is 14.3 Å². The first-order valence-corrected chi connectivity index (χ1v) is 8.87. The van der Waals surface area contributed by atoms with E-state index in [1.54, 1.807) is 60.7 Å². The van der Waals surface area contributed by atoms with Crippen LogP contribution in [0.15, 0.2) is 77.9 Å². The number of hydrogen-bond donors (Lipinski definition) is 1. The van der Waals surface area contributed by atoms with E-state index >= 15 is 0 Å². The zero-order valence-electron chi connectivity index (χ0n) is 15.1. The predicted octanol–water partition coefficient (Wildman–Crippen LogP) is 4.63. The highest BCUT2D eigenvalue weighted by Crippen LogP contribution is 2.15. The second-order valence-corrected chi connectivity index (χ2v) is 6.47. The van der Waals surface area contributed by atoms with Crippen LogP contribution >= 0.6 is 11.6 Å². The lowest BCUT2D eigenvalue weighted by Crippen LogP contribution is -2.17. The Hall–Kier alpha value is -3.44. The Bertz CT molecular complexity index is 995. The second kappa shape index (κ2) is 8.97. The minimum Gasteiger partial charge on any atom is -0.423 e. The van der Waals surface area contributed by atoms with Gasteiger partial charge >= 0.3 is 5.97 Å². The summed E-state index contributed by atoms with van der Waals surface area (Å²) in [7, 11) is 0. The van der Waals surface area contributed by atoms with Gasteiger partial charge in [-0.05, 0) is 73.2 Å². The Labute approximate surface area is 167 Å². The molecule has 1 N–H and O–H groups in total. The molecule has 0 spiro atoms. The molecule has 0 aliphatic heterocycles. The van der Waals surface area contributed by atoms with Gasteiger partial charge in [-0.25, -0.2) is 10.2 Å². The monoisotopic (exact) mass is 392 g/mol. The molecule has 3 aromatic rings. The smallest absolute Gasteiger partial charge is 0.343 e. The molecule has 0 aliphatic carbocycles. The summed E-state index contributed by atoms with van der Waals surface area (Å²) in [5.41, 5.74) is 5.25. The lowest BCUT2D eigenvalue weighted by molar-refractivity contribution is 0.0734. The number of esters is 1. The molecule has 0 heterocycles. The fraction of sp³-hybridized carbons (Fsp3) is 0.0455. The van der Waals surface area contributed by atoms with Crippen LogP contribution in [0.5, 0.6) is 5.75 Å². The van der Waals surface area contributed by atoms with Gasteiger partial charge in [-0.15, -0.1) is 0 Å². The summed E-state index contributed by atoms with van der Waals surface area (Å²) < 4.78 is 5.31. The maximum absolute atomic E-state index is 12.1. The van der Waals surface area contributed by atoms with E-state index in [2.05, 4.69) is 10.5 Å². The molecule has 28 heavy (non-hydrogen) atoms. The average molecular weight is 393 g/mol. The van der Waals surface area contributed by atoms with Crippen molar-refractivity contribution in [1.29, 1.82) is 0 Å². The van der Waals surface area contributed by atoms with Gasteiger partial charge < -0.3 is 4.74 Å². The molecule has 1 amide bonds. The molecule has 0 aliphatic rings. The number of carbonyl (C=O) groups excluding carboxylic acids is 2. The van der Waals surface area contributed by atoms with Crippen molar-refractivity contribution in [2.24, 2.45) is 5.10 Å². The van der Waals surface area contributed by atoms with E-state index in [0.717, 1.165) is 11.1 Å². The average Bonchev–Trinajstić information content (AvgIpc) is 2.70. The number of carbonyl (C=O) groups is 2. The summed E-state index contributed by atoms with van der Waals surface area (Å²) in [6, 6.07) is 20.4. The van der Waals surface area contributed by atoms with E-state index in [-0.39, 0.29) is 5.91 Å². The summed E-state index contributed by atoms with van der Waals surface area (Å²) in [5, 5.41) is 4.49. The normalized spacial score (nSPS) is 10.6. The number of halogens is 1. The second-order valence-electron chi connectivity index (χ2n) is 6.03. The van der Waals surface area contributed by atoms with E-state index in [0.29, 0.717) is 21.9 Å². The third-order valence-electron chi connectivity index (χ3n) is 3.86. The van der Waals surface area contributed by atoms with Gasteiger partial charge in [0, 0.05) is 10.6 Å². The molecule has 0 fully saturated rings. The molecule has 5 nitrogen and oxygen atoms in total. The number of ether oxygens (including phenoxy) is 1. The van der Waals surface area contributed by atoms with Crippen LogP contribution in [0.1, 0.15) is 31.8 Å². The molecule has 0 saturated carbocycles. The molecular weight excluding hydrogens is 376 g/mol. The van der Waals surface area contributed by atoms with E-state index in [1.807, 2.05) is 19.1 Å². The third kappa shape index (κ3) is 5.28. The molecule has 0 bridgehead atoms. The number of aryl methyl sites for hydroxylation is 1. The molecule has 3 rings (SSSR count). The molecule has 0 saturated heterocycles. The maximum atomic E-state index is 12.1. The van der Waals surface area contributed by atoms with E-state index in [4.69, 9.17) is 16.3 Å². The number of rotatable bonds is 5. The Morgan fingerprint density at radius 3 is 2.14 bits per heavy atom. The van der Waals surface area contributed by atoms with Crippen molar-refractivity contribution in [3.05, 3.63) is 100 Å². The predicted molar refractivity (Wildman–Crippen MR) is 109 cm³/mol. The minimum absolute atomic E-state index is 0.287. The largest absolute Gasteiger partial charge is 0.423 e. The first-order valence-electron chi connectivity index (χ1n) is 8.49. The highest BCUT2D eigenvalue weighted by atomic mass is 35.5. The molecular formula is C22H17ClN2O3. The Kier molecular flexibility index (Phi) is 6.19. The van der Waals surface area contributed by atoms with E-state index in [1.165, 1.54) is 6.21 Å². The van der Waals surface area contributed by atoms with Gasteiger partial charge in [0.05, 0.1) is 11.8 Å². The number of nitrogens with zero attached hydrogens (tertiary/aromatic N) is 1. The van der Waals surface area contributed by atoms with Gasteiger partial charge in [0.1, 0.15) is 5.75 Å². The first kappa shape index (κ1) is 19.3. The summed E-state index contributed by atoms with van der Waals surface area (Å²) in [6.07, 6.45) is 1.51. The van der Waals surface area contributed by atoms with Gasteiger partial charge in [0.2, 0.25) is 0 Å². The number of benzene rings is 3. The minimum atomic E-state index is -0.469. The van der Waals surface area contributed by atoms with E-state index in [9.17, 15) is 9.59 Å². The van der Waals surface area contributed by atoms with Crippen LogP contribution in [-0.2, 0) is 0 Å². The molecule has 0 unspecified atom stereocenters. The lowest BCUT2D eigenvalue weighted by atomic mass is 10.1. The van der Waals surface area contributed by atoms with Crippen LogP contribution in [0.4, 0.5) is 0 Å². The zero-order valence-corrected chi connectivity index (χ0v) is 15.8. The fourth-order valence-corrected chi connectivity index (χ4v) is 2.43. The summed E-state index contributed by atoms with van der Waals surface area (Å²) in [6.45, 7) is 1.95. The highest BCUT2D eigenvalue weighted by Gasteiger charge is 2.08. The van der Waals surface area contributed by atoms with Gasteiger partial charge in [-0.1, -0.05) is 29.3 Å². The van der Waals surface area contributed by atoms with Gasteiger partial charge in [0.15, 0.2) is 0 Å². The standard InChI is InChI=1S/C22H17ClN2O3/c1-15-2-6-17(7-3-15)21(26)25-24-14-16-4-12-20(13-5-16)28-22(27)18-8-10-19(23)11-9-18/h2-14H,1H3,(H,25,26)/b24-14-. The maximum Gasteiger partial charge on any atom is 0.343 e. The van der Waals surface area contributed by atoms with E-state index < -0.39 is 5.97 Å². The number of hydrogen-bond acceptors (Lipinski definition) is 4. The molecule has 6 heteroatoms. The summed E-state index contributed by atoms with van der Waals surface area (Å²) in [4.78, 5) is 24.1. The molecule has 0 atom stereocenters. The third-order valence-corrected chi connectivity index (χ3v) is 4.12. The van der Waals surface area contributed by atoms with Crippen LogP contribution in [-0.4, -0.2) is 18.1 Å². The van der Waals surface area contributed by atoms with Gasteiger partial charge in [-0.3, -0.25) is 4.79 Å². The number of hydrazone groups is 1. The lowest BCUT2D eigenvalue weighted by Gasteiger charge is -2.05. The topological polar surface area (TPSA) is 67.8 Å². The Balaban J connectivity index is 1.55. The van der Waals surface area contributed by atoms with Crippen molar-refractivity contribution in [2.45, 2.75) is 6.92 Å². The van der Waals surface area contributed by atoms with Crippen LogP contribution in [0.3, 0.4) is 0 Å². The van der Waals surface area contributed by atoms with Crippen molar-refractivity contribution in [3.8, 4) is 5.75 Å². The van der Waals surface area contributed by atoms with Crippen LogP contribution in [0, 0.1) is 6.92 Å². The SMILES string of the molecule is Cc1ccc(C(=O)N/N=C\c2ccc(OC(=O)c3ccc(Cl)cc3)cc2)cc1. The fourth-order valence-electron chi connectivity index (χ4n) is 2.31. The van der Waals surface area contributed by atoms with Gasteiger partial charge in [0.25, 0.3) is 5.91 Å². The highest BCUT2D eigenvalue weighted by molar-refractivity contribution is 6.30. The molecule has 140 valence electrons. The van der Waals surface area contributed by atoms with Crippen molar-refractivity contribution in [2.75, 3.05) is 0 Å². The summed E-state index contributed by atoms with van der Waals surface area (Å²) >= 11 is 5.81. The number of amides is 1. The quantitative estimate of drug-likeness (QED) is 0.298. The summed E-state index contributed by atoms with van der Waals surface area (Å²) in [5.74, 6) is -0.353. The van der Waals surface area contributed by atoms with Crippen LogP contribution in [0.2, 0.25) is 5.02 Å². The zero-order chi connectivity index (χ0) is 19.9. The molecule has 0 aromatic heterocycles. The molecule has 0 radical (unpaired) electrons. The van der Waals surface area contributed by atoms with Crippen LogP contribution in [0.25, 0.3) is 0 Å². The van der Waals surface area contributed by atoms with Crippen molar-refractivity contribution in [3.63, 3.8) is 0 Å². The Morgan fingerprint density at radius 2 is 1.50 bits per heavy atom. The number of nitrogens with one attached hydrogen (secondary N) is 1.